The highest BCUT2D eigenvalue weighted by Gasteiger charge is 2.01. The molecule has 1 aromatic heterocycles. The van der Waals surface area contributed by atoms with Gasteiger partial charge in [-0.15, -0.1) is 0 Å². The summed E-state index contributed by atoms with van der Waals surface area (Å²) in [6.45, 7) is 1.98. The minimum Gasteiger partial charge on any atom is -0.496 e. The molecule has 0 radical (unpaired) electrons. The molecule has 88 valence electrons. The monoisotopic (exact) mass is 249 g/mol. The van der Waals surface area contributed by atoms with Crippen molar-refractivity contribution in [1.29, 1.82) is 0 Å². The van der Waals surface area contributed by atoms with E-state index in [-0.39, 0.29) is 0 Å². The van der Waals surface area contributed by atoms with E-state index in [0.29, 0.717) is 11.0 Å². The Morgan fingerprint density at radius 1 is 1.29 bits per heavy atom. The van der Waals surface area contributed by atoms with Crippen molar-refractivity contribution in [3.05, 3.63) is 41.3 Å². The van der Waals surface area contributed by atoms with Gasteiger partial charge in [-0.1, -0.05) is 11.6 Å². The first-order valence-corrected chi connectivity index (χ1v) is 5.46. The SMILES string of the molecule is COc1ccc(Nc2cncc(Cl)n2)cc1C. The third-order valence-corrected chi connectivity index (χ3v) is 2.45. The van der Waals surface area contributed by atoms with Crippen LogP contribution in [-0.2, 0) is 0 Å². The Bertz CT molecular complexity index is 531. The molecular formula is C12H12ClN3O. The number of rotatable bonds is 3. The average molecular weight is 250 g/mol. The van der Waals surface area contributed by atoms with Crippen molar-refractivity contribution in [3.8, 4) is 5.75 Å². The number of anilines is 2. The number of hydrogen-bond acceptors (Lipinski definition) is 4. The van der Waals surface area contributed by atoms with Crippen LogP contribution in [0, 0.1) is 6.92 Å². The zero-order chi connectivity index (χ0) is 12.3. The zero-order valence-corrected chi connectivity index (χ0v) is 10.3. The van der Waals surface area contributed by atoms with Gasteiger partial charge in [-0.3, -0.25) is 4.98 Å². The molecule has 5 heteroatoms. The number of aromatic nitrogens is 2. The molecule has 0 aliphatic rings. The molecular weight excluding hydrogens is 238 g/mol. The molecule has 0 saturated carbocycles. The molecule has 0 aliphatic heterocycles. The predicted octanol–water partition coefficient (Wildman–Crippen LogP) is 3.19. The van der Waals surface area contributed by atoms with Gasteiger partial charge in [-0.25, -0.2) is 4.98 Å². The Balaban J connectivity index is 2.22. The zero-order valence-electron chi connectivity index (χ0n) is 9.57. The largest absolute Gasteiger partial charge is 0.496 e. The highest BCUT2D eigenvalue weighted by atomic mass is 35.5. The molecule has 0 fully saturated rings. The summed E-state index contributed by atoms with van der Waals surface area (Å²) in [5.41, 5.74) is 1.97. The average Bonchev–Trinajstić information content (AvgIpc) is 2.29. The molecule has 0 amide bonds. The lowest BCUT2D eigenvalue weighted by molar-refractivity contribution is 0.412. The van der Waals surface area contributed by atoms with Gasteiger partial charge in [0.25, 0.3) is 0 Å². The number of nitrogens with one attached hydrogen (secondary N) is 1. The standard InChI is InChI=1S/C12H12ClN3O/c1-8-5-9(3-4-10(8)17-2)15-12-7-14-6-11(13)16-12/h3-7H,1-2H3,(H,15,16). The molecule has 1 aromatic carbocycles. The number of methoxy groups -OCH3 is 1. The van der Waals surface area contributed by atoms with Crippen LogP contribution in [0.4, 0.5) is 11.5 Å². The van der Waals surface area contributed by atoms with Crippen LogP contribution in [0.15, 0.2) is 30.6 Å². The number of ether oxygens (including phenoxy) is 1. The van der Waals surface area contributed by atoms with Crippen molar-refractivity contribution in [2.24, 2.45) is 0 Å². The quantitative estimate of drug-likeness (QED) is 0.908. The number of hydrogen-bond donors (Lipinski definition) is 1. The van der Waals surface area contributed by atoms with Crippen molar-refractivity contribution < 1.29 is 4.74 Å². The van der Waals surface area contributed by atoms with Crippen LogP contribution < -0.4 is 10.1 Å². The lowest BCUT2D eigenvalue weighted by atomic mass is 10.2. The lowest BCUT2D eigenvalue weighted by Gasteiger charge is -2.09. The van der Waals surface area contributed by atoms with E-state index in [9.17, 15) is 0 Å². The molecule has 0 unspecified atom stereocenters. The minimum atomic E-state index is 0.361. The highest BCUT2D eigenvalue weighted by molar-refractivity contribution is 6.29. The fraction of sp³-hybridized carbons (Fsp3) is 0.167. The first-order valence-electron chi connectivity index (χ1n) is 5.08. The van der Waals surface area contributed by atoms with Crippen molar-refractivity contribution in [2.45, 2.75) is 6.92 Å². The van der Waals surface area contributed by atoms with Crippen LogP contribution in [0.1, 0.15) is 5.56 Å². The Kier molecular flexibility index (Phi) is 3.44. The van der Waals surface area contributed by atoms with Crippen LogP contribution in [0.3, 0.4) is 0 Å². The summed E-state index contributed by atoms with van der Waals surface area (Å²) in [4.78, 5) is 8.06. The van der Waals surface area contributed by atoms with E-state index in [1.54, 1.807) is 13.3 Å². The maximum atomic E-state index is 5.76. The molecule has 0 bridgehead atoms. The van der Waals surface area contributed by atoms with Crippen molar-refractivity contribution >= 4 is 23.1 Å². The van der Waals surface area contributed by atoms with Crippen LogP contribution in [0.2, 0.25) is 5.15 Å². The van der Waals surface area contributed by atoms with Crippen LogP contribution in [0.25, 0.3) is 0 Å². The number of benzene rings is 1. The first-order chi connectivity index (χ1) is 8.19. The molecule has 17 heavy (non-hydrogen) atoms. The predicted molar refractivity (Wildman–Crippen MR) is 68.1 cm³/mol. The third-order valence-electron chi connectivity index (χ3n) is 2.27. The van der Waals surface area contributed by atoms with Gasteiger partial charge in [-0.05, 0) is 30.7 Å². The van der Waals surface area contributed by atoms with E-state index < -0.39 is 0 Å². The van der Waals surface area contributed by atoms with Gasteiger partial charge < -0.3 is 10.1 Å². The fourth-order valence-electron chi connectivity index (χ4n) is 1.51. The van der Waals surface area contributed by atoms with Gasteiger partial charge in [0.05, 0.1) is 19.5 Å². The summed E-state index contributed by atoms with van der Waals surface area (Å²) in [5.74, 6) is 1.47. The summed E-state index contributed by atoms with van der Waals surface area (Å²) in [6, 6.07) is 5.78. The smallest absolute Gasteiger partial charge is 0.150 e. The second kappa shape index (κ2) is 5.01. The van der Waals surface area contributed by atoms with Crippen molar-refractivity contribution in [2.75, 3.05) is 12.4 Å². The summed E-state index contributed by atoms with van der Waals surface area (Å²) in [7, 11) is 1.65. The molecule has 1 N–H and O–H groups in total. The van der Waals surface area contributed by atoms with Gasteiger partial charge in [-0.2, -0.15) is 0 Å². The van der Waals surface area contributed by atoms with Gasteiger partial charge in [0.1, 0.15) is 10.9 Å². The molecule has 0 spiro atoms. The van der Waals surface area contributed by atoms with E-state index >= 15 is 0 Å². The Labute approximate surface area is 105 Å². The normalized spacial score (nSPS) is 10.1. The topological polar surface area (TPSA) is 47.0 Å². The van der Waals surface area contributed by atoms with Crippen molar-refractivity contribution in [3.63, 3.8) is 0 Å². The maximum absolute atomic E-state index is 5.76. The fourth-order valence-corrected chi connectivity index (χ4v) is 1.65. The number of nitrogens with zero attached hydrogens (tertiary/aromatic N) is 2. The van der Waals surface area contributed by atoms with Gasteiger partial charge in [0, 0.05) is 5.69 Å². The van der Waals surface area contributed by atoms with Crippen LogP contribution >= 0.6 is 11.6 Å². The van der Waals surface area contributed by atoms with Gasteiger partial charge >= 0.3 is 0 Å². The summed E-state index contributed by atoms with van der Waals surface area (Å²) in [5, 5.41) is 3.48. The first kappa shape index (κ1) is 11.7. The van der Waals surface area contributed by atoms with Gasteiger partial charge in [0.15, 0.2) is 5.82 Å². The second-order valence-electron chi connectivity index (χ2n) is 3.54. The molecule has 0 saturated heterocycles. The molecule has 1 heterocycles. The van der Waals surface area contributed by atoms with Gasteiger partial charge in [0.2, 0.25) is 0 Å². The summed E-state index contributed by atoms with van der Waals surface area (Å²) in [6.07, 6.45) is 3.11. The summed E-state index contributed by atoms with van der Waals surface area (Å²) >= 11 is 5.76. The molecule has 0 atom stereocenters. The Morgan fingerprint density at radius 2 is 2.12 bits per heavy atom. The van der Waals surface area contributed by atoms with Crippen LogP contribution in [-0.4, -0.2) is 17.1 Å². The summed E-state index contributed by atoms with van der Waals surface area (Å²) < 4.78 is 5.19. The van der Waals surface area contributed by atoms with Crippen LogP contribution in [0.5, 0.6) is 5.75 Å². The number of halogens is 1. The van der Waals surface area contributed by atoms with E-state index in [1.165, 1.54) is 6.20 Å². The molecule has 0 aliphatic carbocycles. The molecule has 2 aromatic rings. The van der Waals surface area contributed by atoms with E-state index in [1.807, 2.05) is 25.1 Å². The number of aryl methyl sites for hydroxylation is 1. The van der Waals surface area contributed by atoms with E-state index in [2.05, 4.69) is 15.3 Å². The van der Waals surface area contributed by atoms with Crippen molar-refractivity contribution in [1.82, 2.24) is 9.97 Å². The second-order valence-corrected chi connectivity index (χ2v) is 3.92. The Hall–Kier alpha value is -1.81. The van der Waals surface area contributed by atoms with E-state index in [4.69, 9.17) is 16.3 Å². The lowest BCUT2D eigenvalue weighted by Crippen LogP contribution is -1.95. The highest BCUT2D eigenvalue weighted by Crippen LogP contribution is 2.23. The van der Waals surface area contributed by atoms with E-state index in [0.717, 1.165) is 17.0 Å². The Morgan fingerprint density at radius 3 is 2.76 bits per heavy atom. The molecule has 4 nitrogen and oxygen atoms in total. The molecule has 2 rings (SSSR count). The third kappa shape index (κ3) is 2.85. The minimum absolute atomic E-state index is 0.361. The maximum Gasteiger partial charge on any atom is 0.150 e.